The molecule has 0 saturated heterocycles. The van der Waals surface area contributed by atoms with E-state index in [4.69, 9.17) is 0 Å². The van der Waals surface area contributed by atoms with Crippen LogP contribution in [0.15, 0.2) is 0 Å². The van der Waals surface area contributed by atoms with Crippen molar-refractivity contribution in [3.05, 3.63) is 0 Å². The molecule has 2 heteroatoms. The molecular weight excluding hydrogens is 120 g/mol. The van der Waals surface area contributed by atoms with Gasteiger partial charge in [0.2, 0.25) is 0 Å². The Balaban J connectivity index is 2.30. The zero-order valence-electron chi connectivity index (χ0n) is 5.02. The summed E-state index contributed by atoms with van der Waals surface area (Å²) in [4.78, 5) is 10.3. The van der Waals surface area contributed by atoms with Crippen LogP contribution in [0.1, 0.15) is 19.8 Å². The molecule has 0 aliphatic heterocycles. The lowest BCUT2D eigenvalue weighted by Gasteiger charge is -2.00. The van der Waals surface area contributed by atoms with Crippen LogP contribution >= 0.6 is 11.8 Å². The number of carbonyl (C=O) groups is 1. The third-order valence-corrected chi connectivity index (χ3v) is 2.76. The predicted octanol–water partition coefficient (Wildman–Crippen LogP) is 1.47. The van der Waals surface area contributed by atoms with Gasteiger partial charge in [0.15, 0.2) is 0 Å². The minimum atomic E-state index is 0.0781. The summed E-state index contributed by atoms with van der Waals surface area (Å²) < 4.78 is 0.0781. The minimum absolute atomic E-state index is 0.0781. The van der Waals surface area contributed by atoms with Gasteiger partial charge < -0.3 is 4.79 Å². The molecule has 1 aliphatic rings. The molecule has 1 saturated carbocycles. The van der Waals surface area contributed by atoms with Crippen LogP contribution in [0.4, 0.5) is 0 Å². The first-order valence-electron chi connectivity index (χ1n) is 2.93. The van der Waals surface area contributed by atoms with Gasteiger partial charge in [0.25, 0.3) is 0 Å². The molecule has 46 valence electrons. The molecule has 1 fully saturated rings. The van der Waals surface area contributed by atoms with Gasteiger partial charge in [-0.25, -0.2) is 0 Å². The van der Waals surface area contributed by atoms with Crippen molar-refractivity contribution in [2.24, 2.45) is 0 Å². The van der Waals surface area contributed by atoms with Gasteiger partial charge in [-0.2, -0.15) is 0 Å². The average molecular weight is 130 g/mol. The first kappa shape index (κ1) is 6.14. The van der Waals surface area contributed by atoms with E-state index in [-0.39, 0.29) is 4.75 Å². The van der Waals surface area contributed by atoms with Crippen molar-refractivity contribution in [3.63, 3.8) is 0 Å². The van der Waals surface area contributed by atoms with Crippen LogP contribution in [0.3, 0.4) is 0 Å². The highest BCUT2D eigenvalue weighted by atomic mass is 32.2. The van der Waals surface area contributed by atoms with Crippen LogP contribution in [0.25, 0.3) is 0 Å². The molecule has 0 unspecified atom stereocenters. The highest BCUT2D eigenvalue weighted by molar-refractivity contribution is 8.01. The van der Waals surface area contributed by atoms with Crippen molar-refractivity contribution in [3.8, 4) is 0 Å². The van der Waals surface area contributed by atoms with Gasteiger partial charge in [0, 0.05) is 0 Å². The topological polar surface area (TPSA) is 17.1 Å². The number of carbonyl (C=O) groups excluding carboxylic acids is 1. The monoisotopic (exact) mass is 130 g/mol. The molecule has 0 aromatic rings. The molecule has 0 radical (unpaired) electrons. The Bertz CT molecular complexity index is 96.7. The maximum Gasteiger partial charge on any atom is 0.136 e. The normalized spacial score (nSPS) is 22.6. The van der Waals surface area contributed by atoms with Gasteiger partial charge in [-0.15, -0.1) is 11.8 Å². The third kappa shape index (κ3) is 1.05. The Kier molecular flexibility index (Phi) is 1.61. The maximum absolute atomic E-state index is 10.3. The molecule has 0 heterocycles. The van der Waals surface area contributed by atoms with Gasteiger partial charge in [-0.3, -0.25) is 0 Å². The predicted molar refractivity (Wildman–Crippen MR) is 36.2 cm³/mol. The van der Waals surface area contributed by atoms with Gasteiger partial charge >= 0.3 is 0 Å². The summed E-state index contributed by atoms with van der Waals surface area (Å²) >= 11 is 1.78. The smallest absolute Gasteiger partial charge is 0.136 e. The largest absolute Gasteiger partial charge is 0.302 e. The zero-order chi connectivity index (χ0) is 6.04. The van der Waals surface area contributed by atoms with E-state index in [2.05, 4.69) is 6.92 Å². The van der Waals surface area contributed by atoms with Crippen LogP contribution in [-0.4, -0.2) is 16.8 Å². The number of rotatable bonds is 3. The fourth-order valence-corrected chi connectivity index (χ4v) is 1.74. The quantitative estimate of drug-likeness (QED) is 0.538. The van der Waals surface area contributed by atoms with Gasteiger partial charge in [0.05, 0.1) is 4.75 Å². The number of thioether (sulfide) groups is 1. The van der Waals surface area contributed by atoms with Crippen LogP contribution in [0.5, 0.6) is 0 Å². The highest BCUT2D eigenvalue weighted by Crippen LogP contribution is 2.46. The summed E-state index contributed by atoms with van der Waals surface area (Å²) in [6, 6.07) is 0. The Morgan fingerprint density at radius 3 is 2.50 bits per heavy atom. The van der Waals surface area contributed by atoms with Gasteiger partial charge in [-0.1, -0.05) is 6.92 Å². The first-order chi connectivity index (χ1) is 3.83. The molecule has 0 aromatic heterocycles. The summed E-state index contributed by atoms with van der Waals surface area (Å²) in [6.07, 6.45) is 3.31. The van der Waals surface area contributed by atoms with E-state index in [9.17, 15) is 4.79 Å². The molecule has 1 rings (SSSR count). The van der Waals surface area contributed by atoms with E-state index in [0.29, 0.717) is 0 Å². The SMILES string of the molecule is CCSC1(C=O)CC1. The van der Waals surface area contributed by atoms with Crippen LogP contribution in [-0.2, 0) is 4.79 Å². The van der Waals surface area contributed by atoms with E-state index in [1.165, 1.54) is 0 Å². The van der Waals surface area contributed by atoms with E-state index in [0.717, 1.165) is 24.9 Å². The molecule has 0 atom stereocenters. The van der Waals surface area contributed by atoms with Crippen molar-refractivity contribution in [2.45, 2.75) is 24.5 Å². The summed E-state index contributed by atoms with van der Waals surface area (Å²) in [6.45, 7) is 2.09. The Morgan fingerprint density at radius 1 is 1.75 bits per heavy atom. The molecule has 8 heavy (non-hydrogen) atoms. The van der Waals surface area contributed by atoms with Crippen LogP contribution < -0.4 is 0 Å². The van der Waals surface area contributed by atoms with E-state index in [1.54, 1.807) is 11.8 Å². The van der Waals surface area contributed by atoms with Crippen molar-refractivity contribution in [2.75, 3.05) is 5.75 Å². The zero-order valence-corrected chi connectivity index (χ0v) is 5.83. The summed E-state index contributed by atoms with van der Waals surface area (Å²) in [5, 5.41) is 0. The lowest BCUT2D eigenvalue weighted by Crippen LogP contribution is -2.03. The molecule has 0 amide bonds. The lowest BCUT2D eigenvalue weighted by molar-refractivity contribution is -0.107. The van der Waals surface area contributed by atoms with E-state index in [1.807, 2.05) is 0 Å². The number of hydrogen-bond acceptors (Lipinski definition) is 2. The lowest BCUT2D eigenvalue weighted by atomic mass is 10.5. The third-order valence-electron chi connectivity index (χ3n) is 1.39. The van der Waals surface area contributed by atoms with Crippen molar-refractivity contribution < 1.29 is 4.79 Å². The molecule has 1 nitrogen and oxygen atoms in total. The first-order valence-corrected chi connectivity index (χ1v) is 3.92. The van der Waals surface area contributed by atoms with E-state index < -0.39 is 0 Å². The fraction of sp³-hybridized carbons (Fsp3) is 0.833. The Labute approximate surface area is 53.8 Å². The average Bonchev–Trinajstić information content (AvgIpc) is 2.50. The Morgan fingerprint density at radius 2 is 2.38 bits per heavy atom. The summed E-state index contributed by atoms with van der Waals surface area (Å²) in [5.74, 6) is 1.07. The van der Waals surface area contributed by atoms with Crippen LogP contribution in [0, 0.1) is 0 Å². The highest BCUT2D eigenvalue weighted by Gasteiger charge is 2.42. The minimum Gasteiger partial charge on any atom is -0.302 e. The van der Waals surface area contributed by atoms with Crippen LogP contribution in [0.2, 0.25) is 0 Å². The maximum atomic E-state index is 10.3. The van der Waals surface area contributed by atoms with Crippen molar-refractivity contribution in [1.82, 2.24) is 0 Å². The standard InChI is InChI=1S/C6H10OS/c1-2-8-6(5-7)3-4-6/h5H,2-4H2,1H3. The molecule has 0 aromatic carbocycles. The molecule has 1 aliphatic carbocycles. The fourth-order valence-electron chi connectivity index (χ4n) is 0.707. The van der Waals surface area contributed by atoms with Gasteiger partial charge in [0.1, 0.15) is 6.29 Å². The number of aldehydes is 1. The van der Waals surface area contributed by atoms with Crippen molar-refractivity contribution in [1.29, 1.82) is 0 Å². The van der Waals surface area contributed by atoms with E-state index >= 15 is 0 Å². The van der Waals surface area contributed by atoms with Crippen molar-refractivity contribution >= 4 is 18.0 Å². The summed E-state index contributed by atoms with van der Waals surface area (Å²) in [7, 11) is 0. The second-order valence-electron chi connectivity index (χ2n) is 2.12. The second-order valence-corrected chi connectivity index (χ2v) is 3.79. The summed E-state index contributed by atoms with van der Waals surface area (Å²) in [5.41, 5.74) is 0. The molecule has 0 bridgehead atoms. The Hall–Kier alpha value is 0.0200. The molecule has 0 N–H and O–H groups in total. The number of hydrogen-bond donors (Lipinski definition) is 0. The molecule has 0 spiro atoms. The van der Waals surface area contributed by atoms with Gasteiger partial charge in [-0.05, 0) is 18.6 Å². The second kappa shape index (κ2) is 2.09. The molecular formula is C6H10OS.